The quantitative estimate of drug-likeness (QED) is 0.538. The number of benzene rings is 1. The van der Waals surface area contributed by atoms with Crippen molar-refractivity contribution in [2.75, 3.05) is 26.8 Å². The van der Waals surface area contributed by atoms with E-state index in [2.05, 4.69) is 10.0 Å². The van der Waals surface area contributed by atoms with Gasteiger partial charge in [-0.2, -0.15) is 0 Å². The summed E-state index contributed by atoms with van der Waals surface area (Å²) in [7, 11) is -2.46. The molecule has 1 aliphatic rings. The van der Waals surface area contributed by atoms with Crippen LogP contribution in [-0.2, 0) is 14.8 Å². The number of hydrogen-bond donors (Lipinski definition) is 2. The first-order valence-corrected chi connectivity index (χ1v) is 9.19. The lowest BCUT2D eigenvalue weighted by Crippen LogP contribution is -2.53. The number of rotatable bonds is 7. The SMILES string of the molecule is COCC1(CNS(=O)(=O)c2c(C)ccc(C)c2[N+](=O)[O-])CCCN1.Cl. The van der Waals surface area contributed by atoms with Crippen molar-refractivity contribution >= 4 is 28.1 Å². The van der Waals surface area contributed by atoms with Crippen molar-refractivity contribution in [1.82, 2.24) is 10.0 Å². The van der Waals surface area contributed by atoms with Gasteiger partial charge in [0.05, 0.1) is 17.1 Å². The van der Waals surface area contributed by atoms with Gasteiger partial charge >= 0.3 is 0 Å². The molecule has 0 aliphatic carbocycles. The molecule has 10 heteroatoms. The molecule has 1 unspecified atom stereocenters. The minimum Gasteiger partial charge on any atom is -0.383 e. The molecule has 0 aromatic heterocycles. The molecule has 2 N–H and O–H groups in total. The van der Waals surface area contributed by atoms with Crippen LogP contribution in [0.25, 0.3) is 0 Å². The van der Waals surface area contributed by atoms with Crippen LogP contribution in [0.15, 0.2) is 17.0 Å². The van der Waals surface area contributed by atoms with E-state index in [9.17, 15) is 18.5 Å². The van der Waals surface area contributed by atoms with Gasteiger partial charge in [-0.15, -0.1) is 12.4 Å². The summed E-state index contributed by atoms with van der Waals surface area (Å²) in [6.07, 6.45) is 1.70. The van der Waals surface area contributed by atoms with Crippen molar-refractivity contribution in [3.05, 3.63) is 33.4 Å². The van der Waals surface area contributed by atoms with E-state index in [1.807, 2.05) is 0 Å². The zero-order valence-electron chi connectivity index (χ0n) is 14.5. The molecule has 2 rings (SSSR count). The number of sulfonamides is 1. The van der Waals surface area contributed by atoms with Crippen molar-refractivity contribution < 1.29 is 18.1 Å². The summed E-state index contributed by atoms with van der Waals surface area (Å²) in [5.41, 5.74) is -0.187. The first kappa shape index (κ1) is 21.8. The Morgan fingerprint density at radius 2 is 2.00 bits per heavy atom. The highest BCUT2D eigenvalue weighted by molar-refractivity contribution is 7.89. The minimum atomic E-state index is -4.02. The summed E-state index contributed by atoms with van der Waals surface area (Å²) in [6, 6.07) is 3.13. The van der Waals surface area contributed by atoms with Gasteiger partial charge in [0.15, 0.2) is 4.90 Å². The van der Waals surface area contributed by atoms with Crippen LogP contribution in [0.1, 0.15) is 24.0 Å². The topological polar surface area (TPSA) is 111 Å². The van der Waals surface area contributed by atoms with E-state index in [1.165, 1.54) is 6.92 Å². The van der Waals surface area contributed by atoms with Gasteiger partial charge in [0.25, 0.3) is 5.69 Å². The maximum absolute atomic E-state index is 12.7. The predicted molar refractivity (Wildman–Crippen MR) is 96.9 cm³/mol. The normalized spacial score (nSPS) is 20.3. The maximum atomic E-state index is 12.7. The molecule has 1 atom stereocenters. The zero-order valence-corrected chi connectivity index (χ0v) is 16.1. The highest BCUT2D eigenvalue weighted by atomic mass is 35.5. The molecule has 0 saturated carbocycles. The maximum Gasteiger partial charge on any atom is 0.292 e. The number of aryl methyl sites for hydroxylation is 2. The summed E-state index contributed by atoms with van der Waals surface area (Å²) >= 11 is 0. The van der Waals surface area contributed by atoms with Crippen molar-refractivity contribution in [3.63, 3.8) is 0 Å². The van der Waals surface area contributed by atoms with Crippen molar-refractivity contribution in [1.29, 1.82) is 0 Å². The van der Waals surface area contributed by atoms with E-state index in [0.29, 0.717) is 17.7 Å². The minimum absolute atomic E-state index is 0. The Morgan fingerprint density at radius 1 is 1.36 bits per heavy atom. The molecular formula is C15H24ClN3O5S. The number of nitro benzene ring substituents is 1. The highest BCUT2D eigenvalue weighted by Crippen LogP contribution is 2.31. The van der Waals surface area contributed by atoms with Crippen molar-refractivity contribution in [2.24, 2.45) is 0 Å². The average Bonchev–Trinajstić information content (AvgIpc) is 2.96. The van der Waals surface area contributed by atoms with Crippen LogP contribution in [0.5, 0.6) is 0 Å². The first-order chi connectivity index (χ1) is 11.2. The molecule has 25 heavy (non-hydrogen) atoms. The molecular weight excluding hydrogens is 370 g/mol. The van der Waals surface area contributed by atoms with Gasteiger partial charge in [-0.3, -0.25) is 10.1 Å². The van der Waals surface area contributed by atoms with Gasteiger partial charge in [0, 0.05) is 19.2 Å². The molecule has 1 fully saturated rings. The van der Waals surface area contributed by atoms with Crippen LogP contribution in [0.2, 0.25) is 0 Å². The summed E-state index contributed by atoms with van der Waals surface area (Å²) in [6.45, 7) is 4.36. The van der Waals surface area contributed by atoms with E-state index in [4.69, 9.17) is 4.74 Å². The molecule has 142 valence electrons. The molecule has 0 radical (unpaired) electrons. The van der Waals surface area contributed by atoms with Crippen molar-refractivity contribution in [2.45, 2.75) is 37.1 Å². The Morgan fingerprint density at radius 3 is 2.52 bits per heavy atom. The third-order valence-electron chi connectivity index (χ3n) is 4.33. The Balaban J connectivity index is 0.00000312. The van der Waals surface area contributed by atoms with Crippen LogP contribution < -0.4 is 10.0 Å². The molecule has 1 aliphatic heterocycles. The van der Waals surface area contributed by atoms with Crippen LogP contribution in [-0.4, -0.2) is 45.7 Å². The van der Waals surface area contributed by atoms with Crippen LogP contribution in [0, 0.1) is 24.0 Å². The van der Waals surface area contributed by atoms with E-state index < -0.39 is 20.5 Å². The number of hydrogen-bond acceptors (Lipinski definition) is 6. The van der Waals surface area contributed by atoms with E-state index in [-0.39, 0.29) is 29.5 Å². The van der Waals surface area contributed by atoms with Crippen LogP contribution in [0.3, 0.4) is 0 Å². The van der Waals surface area contributed by atoms with Gasteiger partial charge in [0.1, 0.15) is 0 Å². The second-order valence-electron chi connectivity index (χ2n) is 6.20. The Labute approximate surface area is 153 Å². The lowest BCUT2D eigenvalue weighted by molar-refractivity contribution is -0.388. The molecule has 0 spiro atoms. The summed E-state index contributed by atoms with van der Waals surface area (Å²) in [4.78, 5) is 10.4. The van der Waals surface area contributed by atoms with E-state index >= 15 is 0 Å². The van der Waals surface area contributed by atoms with Gasteiger partial charge < -0.3 is 10.1 Å². The standard InChI is InChI=1S/C15H23N3O5S.ClH/c1-11-5-6-12(2)14(13(11)18(19)20)24(21,22)17-9-15(10-23-3)7-4-8-16-15;/h5-6,16-17H,4,7-10H2,1-3H3;1H. The van der Waals surface area contributed by atoms with Crippen LogP contribution >= 0.6 is 12.4 Å². The third kappa shape index (κ3) is 4.68. The fourth-order valence-corrected chi connectivity index (χ4v) is 4.70. The monoisotopic (exact) mass is 393 g/mol. The smallest absolute Gasteiger partial charge is 0.292 e. The van der Waals surface area contributed by atoms with E-state index in [0.717, 1.165) is 19.4 Å². The third-order valence-corrected chi connectivity index (χ3v) is 5.91. The van der Waals surface area contributed by atoms with Crippen molar-refractivity contribution in [3.8, 4) is 0 Å². The number of nitrogens with one attached hydrogen (secondary N) is 2. The number of ether oxygens (including phenoxy) is 1. The molecule has 0 bridgehead atoms. The fraction of sp³-hybridized carbons (Fsp3) is 0.600. The average molecular weight is 394 g/mol. The number of methoxy groups -OCH3 is 1. The molecule has 8 nitrogen and oxygen atoms in total. The Hall–Kier alpha value is -1.26. The molecule has 1 aromatic rings. The lowest BCUT2D eigenvalue weighted by atomic mass is 9.99. The Bertz CT molecular complexity index is 733. The molecule has 1 heterocycles. The second-order valence-corrected chi connectivity index (χ2v) is 7.91. The van der Waals surface area contributed by atoms with Gasteiger partial charge in [0.2, 0.25) is 10.0 Å². The highest BCUT2D eigenvalue weighted by Gasteiger charge is 2.37. The van der Waals surface area contributed by atoms with Gasteiger partial charge in [-0.25, -0.2) is 13.1 Å². The van der Waals surface area contributed by atoms with Gasteiger partial charge in [-0.1, -0.05) is 12.1 Å². The number of nitrogens with zero attached hydrogens (tertiary/aromatic N) is 1. The summed E-state index contributed by atoms with van der Waals surface area (Å²) < 4.78 is 33.2. The number of halogens is 1. The summed E-state index contributed by atoms with van der Waals surface area (Å²) in [5.74, 6) is 0. The second kappa shape index (κ2) is 8.41. The van der Waals surface area contributed by atoms with E-state index in [1.54, 1.807) is 26.2 Å². The molecule has 1 aromatic carbocycles. The zero-order chi connectivity index (χ0) is 18.0. The van der Waals surface area contributed by atoms with Crippen LogP contribution in [0.4, 0.5) is 5.69 Å². The lowest BCUT2D eigenvalue weighted by Gasteiger charge is -2.29. The van der Waals surface area contributed by atoms with Gasteiger partial charge in [-0.05, 0) is 38.8 Å². The largest absolute Gasteiger partial charge is 0.383 e. The predicted octanol–water partition coefficient (Wildman–Crippen LogP) is 1.68. The molecule has 1 saturated heterocycles. The summed E-state index contributed by atoms with van der Waals surface area (Å²) in [5, 5.41) is 14.6. The fourth-order valence-electron chi connectivity index (χ4n) is 3.11. The number of nitro groups is 1. The molecule has 0 amide bonds. The Kier molecular flexibility index (Phi) is 7.33. The first-order valence-electron chi connectivity index (χ1n) is 7.71.